The van der Waals surface area contributed by atoms with Crippen LogP contribution in [0.5, 0.6) is 0 Å². The maximum absolute atomic E-state index is 12.5. The van der Waals surface area contributed by atoms with E-state index in [9.17, 15) is 19.7 Å². The number of benzene rings is 1. The molecule has 2 heterocycles. The van der Waals surface area contributed by atoms with Gasteiger partial charge in [0.2, 0.25) is 0 Å². The molecule has 0 spiro atoms. The van der Waals surface area contributed by atoms with Gasteiger partial charge in [0.05, 0.1) is 16.1 Å². The molecule has 2 aliphatic rings. The molecule has 0 unspecified atom stereocenters. The Bertz CT molecular complexity index is 703. The summed E-state index contributed by atoms with van der Waals surface area (Å²) in [6, 6.07) is 2.49. The van der Waals surface area contributed by atoms with Crippen molar-refractivity contribution in [2.75, 3.05) is 25.4 Å². The first-order valence-electron chi connectivity index (χ1n) is 7.62. The highest BCUT2D eigenvalue weighted by molar-refractivity contribution is 6.22. The molecule has 23 heavy (non-hydrogen) atoms. The predicted molar refractivity (Wildman–Crippen MR) is 83.1 cm³/mol. The Morgan fingerprint density at radius 1 is 1.30 bits per heavy atom. The average molecular weight is 318 g/mol. The fraction of sp³-hybridized carbons (Fsp3) is 0.467. The normalized spacial score (nSPS) is 21.1. The van der Waals surface area contributed by atoms with Crippen molar-refractivity contribution < 1.29 is 14.5 Å². The van der Waals surface area contributed by atoms with E-state index in [0.717, 1.165) is 32.0 Å². The Kier molecular flexibility index (Phi) is 3.77. The molecule has 8 nitrogen and oxygen atoms in total. The SMILES string of the molecule is CCN1CCC[C@H]1CN1C(=O)c2cc(N)c([N+](=O)[O-])cc2C1=O. The third kappa shape index (κ3) is 2.44. The molecule has 1 fully saturated rings. The van der Waals surface area contributed by atoms with Crippen molar-refractivity contribution in [1.29, 1.82) is 0 Å². The Hall–Kier alpha value is -2.48. The average Bonchev–Trinajstić information content (AvgIpc) is 3.05. The molecule has 0 saturated carbocycles. The van der Waals surface area contributed by atoms with Crippen LogP contribution in [0.15, 0.2) is 12.1 Å². The fourth-order valence-electron chi connectivity index (χ4n) is 3.39. The Morgan fingerprint density at radius 2 is 1.96 bits per heavy atom. The van der Waals surface area contributed by atoms with Crippen molar-refractivity contribution in [3.05, 3.63) is 33.4 Å². The minimum absolute atomic E-state index is 0.0666. The van der Waals surface area contributed by atoms with Crippen LogP contribution in [0.25, 0.3) is 0 Å². The number of carbonyl (C=O) groups excluding carboxylic acids is 2. The van der Waals surface area contributed by atoms with Gasteiger partial charge in [0, 0.05) is 18.7 Å². The second-order valence-electron chi connectivity index (χ2n) is 5.86. The molecule has 1 aromatic carbocycles. The number of rotatable bonds is 4. The van der Waals surface area contributed by atoms with Crippen LogP contribution in [0, 0.1) is 10.1 Å². The lowest BCUT2D eigenvalue weighted by molar-refractivity contribution is -0.383. The van der Waals surface area contributed by atoms with E-state index in [-0.39, 0.29) is 28.5 Å². The molecule has 0 aliphatic carbocycles. The summed E-state index contributed by atoms with van der Waals surface area (Å²) in [5.74, 6) is -0.898. The zero-order valence-corrected chi connectivity index (χ0v) is 12.8. The van der Waals surface area contributed by atoms with Crippen molar-refractivity contribution in [3.63, 3.8) is 0 Å². The number of hydrogen-bond donors (Lipinski definition) is 1. The van der Waals surface area contributed by atoms with E-state index in [1.807, 2.05) is 6.92 Å². The van der Waals surface area contributed by atoms with Gasteiger partial charge < -0.3 is 5.73 Å². The van der Waals surface area contributed by atoms with E-state index < -0.39 is 16.7 Å². The molecular formula is C15H18N4O4. The molecule has 2 N–H and O–H groups in total. The number of nitrogens with zero attached hydrogens (tertiary/aromatic N) is 3. The molecule has 3 rings (SSSR count). The van der Waals surface area contributed by atoms with Crippen molar-refractivity contribution in [1.82, 2.24) is 9.80 Å². The lowest BCUT2D eigenvalue weighted by Gasteiger charge is -2.26. The number of nitro benzene ring substituents is 1. The van der Waals surface area contributed by atoms with Crippen LogP contribution >= 0.6 is 0 Å². The number of anilines is 1. The highest BCUT2D eigenvalue weighted by Crippen LogP contribution is 2.32. The monoisotopic (exact) mass is 318 g/mol. The van der Waals surface area contributed by atoms with E-state index in [1.165, 1.54) is 11.0 Å². The van der Waals surface area contributed by atoms with Crippen molar-refractivity contribution in [2.24, 2.45) is 0 Å². The molecule has 8 heteroatoms. The standard InChI is InChI=1S/C15H18N4O4/c1-2-17-5-3-4-9(17)8-18-14(20)10-6-12(16)13(19(22)23)7-11(10)15(18)21/h6-7,9H,2-5,8,16H2,1H3/t9-/m0/s1. The maximum Gasteiger partial charge on any atom is 0.292 e. The maximum atomic E-state index is 12.5. The largest absolute Gasteiger partial charge is 0.393 e. The van der Waals surface area contributed by atoms with Gasteiger partial charge in [-0.1, -0.05) is 6.92 Å². The first-order chi connectivity index (χ1) is 10.9. The lowest BCUT2D eigenvalue weighted by atomic mass is 10.1. The quantitative estimate of drug-likeness (QED) is 0.387. The highest BCUT2D eigenvalue weighted by Gasteiger charge is 2.40. The molecule has 2 aliphatic heterocycles. The van der Waals surface area contributed by atoms with Gasteiger partial charge in [-0.25, -0.2) is 0 Å². The second-order valence-corrected chi connectivity index (χ2v) is 5.86. The number of likely N-dealkylation sites (tertiary alicyclic amines) is 1. The molecule has 0 bridgehead atoms. The number of imide groups is 1. The number of nitrogen functional groups attached to an aromatic ring is 1. The van der Waals surface area contributed by atoms with Crippen LogP contribution in [-0.2, 0) is 0 Å². The fourth-order valence-corrected chi connectivity index (χ4v) is 3.39. The van der Waals surface area contributed by atoms with Crippen LogP contribution in [0.3, 0.4) is 0 Å². The summed E-state index contributed by atoms with van der Waals surface area (Å²) < 4.78 is 0. The van der Waals surface area contributed by atoms with E-state index in [2.05, 4.69) is 4.90 Å². The van der Waals surface area contributed by atoms with Gasteiger partial charge in [0.25, 0.3) is 17.5 Å². The summed E-state index contributed by atoms with van der Waals surface area (Å²) in [4.78, 5) is 38.7. The highest BCUT2D eigenvalue weighted by atomic mass is 16.6. The lowest BCUT2D eigenvalue weighted by Crippen LogP contribution is -2.42. The van der Waals surface area contributed by atoms with Gasteiger partial charge >= 0.3 is 0 Å². The third-order valence-electron chi connectivity index (χ3n) is 4.61. The van der Waals surface area contributed by atoms with E-state index in [4.69, 9.17) is 5.73 Å². The summed E-state index contributed by atoms with van der Waals surface area (Å²) in [6.45, 7) is 4.19. The Labute approximate surface area is 133 Å². The summed E-state index contributed by atoms with van der Waals surface area (Å²) in [5, 5.41) is 11.0. The van der Waals surface area contributed by atoms with E-state index >= 15 is 0 Å². The van der Waals surface area contributed by atoms with E-state index in [0.29, 0.717) is 6.54 Å². The molecule has 0 aromatic heterocycles. The number of carbonyl (C=O) groups is 2. The van der Waals surface area contributed by atoms with Crippen LogP contribution in [0.2, 0.25) is 0 Å². The smallest absolute Gasteiger partial charge is 0.292 e. The zero-order chi connectivity index (χ0) is 16.7. The Balaban J connectivity index is 1.90. The minimum Gasteiger partial charge on any atom is -0.393 e. The van der Waals surface area contributed by atoms with Crippen molar-refractivity contribution in [2.45, 2.75) is 25.8 Å². The van der Waals surface area contributed by atoms with Gasteiger partial charge in [0.15, 0.2) is 0 Å². The topological polar surface area (TPSA) is 110 Å². The molecule has 1 atom stereocenters. The Morgan fingerprint density at radius 3 is 2.57 bits per heavy atom. The number of likely N-dealkylation sites (N-methyl/N-ethyl adjacent to an activating group) is 1. The molecular weight excluding hydrogens is 300 g/mol. The zero-order valence-electron chi connectivity index (χ0n) is 12.8. The van der Waals surface area contributed by atoms with E-state index in [1.54, 1.807) is 0 Å². The summed E-state index contributed by atoms with van der Waals surface area (Å²) in [7, 11) is 0. The molecule has 2 amide bonds. The third-order valence-corrected chi connectivity index (χ3v) is 4.61. The summed E-state index contributed by atoms with van der Waals surface area (Å²) in [6.07, 6.45) is 1.98. The van der Waals surface area contributed by atoms with Crippen molar-refractivity contribution >= 4 is 23.2 Å². The number of nitro groups is 1. The molecule has 1 saturated heterocycles. The van der Waals surface area contributed by atoms with Gasteiger partial charge in [-0.3, -0.25) is 29.5 Å². The van der Waals surface area contributed by atoms with Crippen LogP contribution in [0.4, 0.5) is 11.4 Å². The summed E-state index contributed by atoms with van der Waals surface area (Å²) in [5.41, 5.74) is 5.39. The number of nitrogens with two attached hydrogens (primary N) is 1. The molecule has 122 valence electrons. The predicted octanol–water partition coefficient (Wildman–Crippen LogP) is 1.26. The van der Waals surface area contributed by atoms with Crippen LogP contribution in [-0.4, -0.2) is 52.2 Å². The number of amides is 2. The number of fused-ring (bicyclic) bond motifs is 1. The second kappa shape index (κ2) is 5.62. The molecule has 0 radical (unpaired) electrons. The van der Waals surface area contributed by atoms with Gasteiger partial charge in [-0.05, 0) is 32.0 Å². The molecule has 1 aromatic rings. The first-order valence-corrected chi connectivity index (χ1v) is 7.62. The van der Waals surface area contributed by atoms with Crippen LogP contribution in [0.1, 0.15) is 40.5 Å². The minimum atomic E-state index is -0.647. The number of hydrogen-bond acceptors (Lipinski definition) is 6. The van der Waals surface area contributed by atoms with Gasteiger partial charge in [-0.2, -0.15) is 0 Å². The van der Waals surface area contributed by atoms with Crippen LogP contribution < -0.4 is 5.73 Å². The van der Waals surface area contributed by atoms with Gasteiger partial charge in [-0.15, -0.1) is 0 Å². The van der Waals surface area contributed by atoms with Crippen molar-refractivity contribution in [3.8, 4) is 0 Å². The first kappa shape index (κ1) is 15.4. The van der Waals surface area contributed by atoms with Gasteiger partial charge in [0.1, 0.15) is 5.69 Å². The summed E-state index contributed by atoms with van der Waals surface area (Å²) >= 11 is 0.